The molecule has 0 radical (unpaired) electrons. The van der Waals surface area contributed by atoms with E-state index in [4.69, 9.17) is 0 Å². The van der Waals surface area contributed by atoms with Crippen LogP contribution in [0, 0.1) is 0 Å². The minimum Gasteiger partial charge on any atom is -0.391 e. The van der Waals surface area contributed by atoms with Crippen LogP contribution in [0.5, 0.6) is 0 Å². The summed E-state index contributed by atoms with van der Waals surface area (Å²) in [5, 5.41) is 18.0. The largest absolute Gasteiger partial charge is 0.391 e. The van der Waals surface area contributed by atoms with Gasteiger partial charge in [-0.05, 0) is 19.3 Å². The van der Waals surface area contributed by atoms with Gasteiger partial charge in [0.25, 0.3) is 0 Å². The molecule has 2 atom stereocenters. The third-order valence-corrected chi connectivity index (χ3v) is 3.56. The smallest absolute Gasteiger partial charge is 0.0853 e. The number of aliphatic hydroxyl groups excluding tert-OH is 1. The first-order valence-corrected chi connectivity index (χ1v) is 6.68. The summed E-state index contributed by atoms with van der Waals surface area (Å²) >= 11 is 0. The molecule has 0 aliphatic heterocycles. The molecular formula is C13H23N3O. The maximum atomic E-state index is 10.1. The zero-order valence-electron chi connectivity index (χ0n) is 10.8. The summed E-state index contributed by atoms with van der Waals surface area (Å²) in [6.45, 7) is 2.11. The Balaban J connectivity index is 2.07. The van der Waals surface area contributed by atoms with Crippen LogP contribution in [0.3, 0.4) is 0 Å². The standard InChI is InChI=1S/C13H23N3O/c1-3-10-12(9-16(2)15-10)14-11-7-5-4-6-8-13(11)17/h9,11,13-14,17H,3-8H2,1-2H3. The molecule has 1 aliphatic rings. The minimum atomic E-state index is -0.220. The van der Waals surface area contributed by atoms with Crippen LogP contribution >= 0.6 is 0 Å². The minimum absolute atomic E-state index is 0.187. The molecule has 0 spiro atoms. The van der Waals surface area contributed by atoms with Gasteiger partial charge in [0.1, 0.15) is 0 Å². The highest BCUT2D eigenvalue weighted by Crippen LogP contribution is 2.23. The van der Waals surface area contributed by atoms with Gasteiger partial charge < -0.3 is 10.4 Å². The highest BCUT2D eigenvalue weighted by Gasteiger charge is 2.22. The fourth-order valence-electron chi connectivity index (χ4n) is 2.57. The van der Waals surface area contributed by atoms with Crippen LogP contribution in [-0.2, 0) is 13.5 Å². The summed E-state index contributed by atoms with van der Waals surface area (Å²) in [5.74, 6) is 0. The zero-order valence-corrected chi connectivity index (χ0v) is 10.8. The molecule has 4 heteroatoms. The molecule has 1 saturated carbocycles. The van der Waals surface area contributed by atoms with E-state index in [0.717, 1.165) is 37.1 Å². The SMILES string of the molecule is CCc1nn(C)cc1NC1CCCCCC1O. The van der Waals surface area contributed by atoms with E-state index in [-0.39, 0.29) is 12.1 Å². The summed E-state index contributed by atoms with van der Waals surface area (Å²) in [6.07, 6.45) is 8.27. The molecule has 1 aromatic rings. The Morgan fingerprint density at radius 1 is 1.41 bits per heavy atom. The Morgan fingerprint density at radius 2 is 2.18 bits per heavy atom. The van der Waals surface area contributed by atoms with Gasteiger partial charge in [0, 0.05) is 13.2 Å². The zero-order chi connectivity index (χ0) is 12.3. The van der Waals surface area contributed by atoms with Gasteiger partial charge in [-0.1, -0.05) is 26.2 Å². The van der Waals surface area contributed by atoms with Crippen molar-refractivity contribution in [2.24, 2.45) is 7.05 Å². The first kappa shape index (κ1) is 12.4. The highest BCUT2D eigenvalue weighted by molar-refractivity contribution is 5.47. The van der Waals surface area contributed by atoms with Crippen LogP contribution in [0.25, 0.3) is 0 Å². The van der Waals surface area contributed by atoms with E-state index in [9.17, 15) is 5.11 Å². The second-order valence-corrected chi connectivity index (χ2v) is 4.97. The number of anilines is 1. The van der Waals surface area contributed by atoms with Crippen molar-refractivity contribution in [1.82, 2.24) is 9.78 Å². The first-order chi connectivity index (χ1) is 8.20. The topological polar surface area (TPSA) is 50.1 Å². The van der Waals surface area contributed by atoms with Gasteiger partial charge in [-0.2, -0.15) is 5.10 Å². The Hall–Kier alpha value is -1.03. The number of rotatable bonds is 3. The lowest BCUT2D eigenvalue weighted by molar-refractivity contribution is 0.144. The quantitative estimate of drug-likeness (QED) is 0.791. The van der Waals surface area contributed by atoms with Crippen molar-refractivity contribution in [1.29, 1.82) is 0 Å². The average Bonchev–Trinajstić information content (AvgIpc) is 2.54. The Labute approximate surface area is 103 Å². The Bertz CT molecular complexity index is 362. The van der Waals surface area contributed by atoms with Crippen molar-refractivity contribution in [2.45, 2.75) is 57.6 Å². The second-order valence-electron chi connectivity index (χ2n) is 4.97. The Morgan fingerprint density at radius 3 is 2.94 bits per heavy atom. The summed E-state index contributed by atoms with van der Waals surface area (Å²) in [7, 11) is 1.94. The molecule has 1 fully saturated rings. The third-order valence-electron chi connectivity index (χ3n) is 3.56. The molecular weight excluding hydrogens is 214 g/mol. The number of aliphatic hydroxyl groups is 1. The van der Waals surface area contributed by atoms with E-state index in [2.05, 4.69) is 17.3 Å². The van der Waals surface area contributed by atoms with Gasteiger partial charge in [-0.3, -0.25) is 4.68 Å². The molecule has 0 aromatic carbocycles. The summed E-state index contributed by atoms with van der Waals surface area (Å²) in [4.78, 5) is 0. The monoisotopic (exact) mass is 237 g/mol. The molecule has 4 nitrogen and oxygen atoms in total. The molecule has 0 saturated heterocycles. The van der Waals surface area contributed by atoms with E-state index >= 15 is 0 Å². The predicted molar refractivity (Wildman–Crippen MR) is 69.1 cm³/mol. The lowest BCUT2D eigenvalue weighted by Crippen LogP contribution is -2.32. The van der Waals surface area contributed by atoms with E-state index in [1.54, 1.807) is 0 Å². The van der Waals surface area contributed by atoms with E-state index in [1.165, 1.54) is 12.8 Å². The van der Waals surface area contributed by atoms with Crippen molar-refractivity contribution in [3.05, 3.63) is 11.9 Å². The van der Waals surface area contributed by atoms with Crippen LogP contribution in [0.1, 0.15) is 44.7 Å². The molecule has 1 aliphatic carbocycles. The number of nitrogens with one attached hydrogen (secondary N) is 1. The molecule has 2 N–H and O–H groups in total. The lowest BCUT2D eigenvalue weighted by Gasteiger charge is -2.22. The Kier molecular flexibility index (Phi) is 4.05. The van der Waals surface area contributed by atoms with Crippen LogP contribution in [0.15, 0.2) is 6.20 Å². The third kappa shape index (κ3) is 3.00. The van der Waals surface area contributed by atoms with Crippen molar-refractivity contribution in [2.75, 3.05) is 5.32 Å². The summed E-state index contributed by atoms with van der Waals surface area (Å²) in [5.41, 5.74) is 2.17. The maximum Gasteiger partial charge on any atom is 0.0853 e. The number of hydrogen-bond donors (Lipinski definition) is 2. The van der Waals surface area contributed by atoms with Gasteiger partial charge in [-0.25, -0.2) is 0 Å². The molecule has 2 rings (SSSR count). The van der Waals surface area contributed by atoms with Gasteiger partial charge >= 0.3 is 0 Å². The van der Waals surface area contributed by atoms with Gasteiger partial charge in [0.05, 0.1) is 23.5 Å². The first-order valence-electron chi connectivity index (χ1n) is 6.68. The normalized spacial score (nSPS) is 25.6. The molecule has 17 heavy (non-hydrogen) atoms. The van der Waals surface area contributed by atoms with Crippen molar-refractivity contribution < 1.29 is 5.11 Å². The lowest BCUT2D eigenvalue weighted by atomic mass is 10.1. The second kappa shape index (κ2) is 5.54. The fourth-order valence-corrected chi connectivity index (χ4v) is 2.57. The van der Waals surface area contributed by atoms with Crippen LogP contribution in [0.4, 0.5) is 5.69 Å². The number of aromatic nitrogens is 2. The van der Waals surface area contributed by atoms with Gasteiger partial charge in [0.2, 0.25) is 0 Å². The van der Waals surface area contributed by atoms with Crippen LogP contribution in [-0.4, -0.2) is 27.0 Å². The van der Waals surface area contributed by atoms with Gasteiger partial charge in [0.15, 0.2) is 0 Å². The number of aryl methyl sites for hydroxylation is 2. The molecule has 2 unspecified atom stereocenters. The predicted octanol–water partition coefficient (Wildman–Crippen LogP) is 2.09. The molecule has 0 amide bonds. The number of nitrogens with zero attached hydrogens (tertiary/aromatic N) is 2. The van der Waals surface area contributed by atoms with Crippen molar-refractivity contribution in [3.8, 4) is 0 Å². The highest BCUT2D eigenvalue weighted by atomic mass is 16.3. The molecule has 1 aromatic heterocycles. The fraction of sp³-hybridized carbons (Fsp3) is 0.769. The van der Waals surface area contributed by atoms with E-state index in [1.807, 2.05) is 17.9 Å². The summed E-state index contributed by atoms with van der Waals surface area (Å²) in [6, 6.07) is 0.187. The van der Waals surface area contributed by atoms with Crippen LogP contribution < -0.4 is 5.32 Å². The maximum absolute atomic E-state index is 10.1. The number of hydrogen-bond acceptors (Lipinski definition) is 3. The van der Waals surface area contributed by atoms with Crippen LogP contribution in [0.2, 0.25) is 0 Å². The van der Waals surface area contributed by atoms with E-state index in [0.29, 0.717) is 0 Å². The van der Waals surface area contributed by atoms with Crippen molar-refractivity contribution >= 4 is 5.69 Å². The van der Waals surface area contributed by atoms with E-state index < -0.39 is 0 Å². The molecule has 96 valence electrons. The molecule has 0 bridgehead atoms. The van der Waals surface area contributed by atoms with Crippen molar-refractivity contribution in [3.63, 3.8) is 0 Å². The molecule has 1 heterocycles. The average molecular weight is 237 g/mol. The van der Waals surface area contributed by atoms with Gasteiger partial charge in [-0.15, -0.1) is 0 Å². The summed E-state index contributed by atoms with van der Waals surface area (Å²) < 4.78 is 1.84.